The lowest BCUT2D eigenvalue weighted by molar-refractivity contribution is 0.101. The lowest BCUT2D eigenvalue weighted by atomic mass is 10.1. The number of amides is 3. The topological polar surface area (TPSA) is 104 Å². The quantitative estimate of drug-likeness (QED) is 0.128. The van der Waals surface area contributed by atoms with Gasteiger partial charge in [-0.25, -0.2) is 0 Å². The number of ketones is 1. The van der Waals surface area contributed by atoms with E-state index in [4.69, 9.17) is 0 Å². The van der Waals surface area contributed by atoms with Gasteiger partial charge in [0.25, 0.3) is 17.7 Å². The highest BCUT2D eigenvalue weighted by Crippen LogP contribution is 2.22. The van der Waals surface area contributed by atoms with E-state index < -0.39 is 5.91 Å². The van der Waals surface area contributed by atoms with Gasteiger partial charge in [0.1, 0.15) is 0 Å². The molecule has 5 aromatic carbocycles. The molecule has 7 heteroatoms. The fraction of sp³-hybridized carbons (Fsp3) is 0. The van der Waals surface area contributed by atoms with Crippen molar-refractivity contribution < 1.29 is 19.2 Å². The van der Waals surface area contributed by atoms with Crippen LogP contribution in [0.3, 0.4) is 0 Å². The lowest BCUT2D eigenvalue weighted by Gasteiger charge is -2.13. The number of benzene rings is 5. The first-order valence-electron chi connectivity index (χ1n) is 13.5. The van der Waals surface area contributed by atoms with Crippen LogP contribution in [0, 0.1) is 0 Å². The average molecular weight is 566 g/mol. The molecule has 0 atom stereocenters. The second-order valence-electron chi connectivity index (χ2n) is 9.58. The molecular weight excluding hydrogens is 538 g/mol. The molecule has 3 amide bonds. The van der Waals surface area contributed by atoms with E-state index in [1.165, 1.54) is 6.08 Å². The zero-order chi connectivity index (χ0) is 30.0. The van der Waals surface area contributed by atoms with Crippen LogP contribution in [-0.4, -0.2) is 23.5 Å². The van der Waals surface area contributed by atoms with E-state index >= 15 is 0 Å². The third-order valence-electron chi connectivity index (χ3n) is 6.44. The molecule has 0 bridgehead atoms. The van der Waals surface area contributed by atoms with Crippen LogP contribution in [0.5, 0.6) is 0 Å². The van der Waals surface area contributed by atoms with Crippen molar-refractivity contribution in [3.05, 3.63) is 167 Å². The fourth-order valence-electron chi connectivity index (χ4n) is 4.24. The van der Waals surface area contributed by atoms with Crippen LogP contribution in [0.4, 0.5) is 17.1 Å². The maximum absolute atomic E-state index is 13.3. The van der Waals surface area contributed by atoms with E-state index in [0.29, 0.717) is 33.8 Å². The summed E-state index contributed by atoms with van der Waals surface area (Å²) in [7, 11) is 0. The van der Waals surface area contributed by atoms with Crippen LogP contribution in [-0.2, 0) is 0 Å². The number of anilines is 3. The molecule has 5 aromatic rings. The predicted octanol–water partition coefficient (Wildman–Crippen LogP) is 7.34. The monoisotopic (exact) mass is 565 g/mol. The maximum Gasteiger partial charge on any atom is 0.255 e. The minimum atomic E-state index is -0.437. The van der Waals surface area contributed by atoms with Crippen LogP contribution in [0.1, 0.15) is 47.0 Å². The highest BCUT2D eigenvalue weighted by molar-refractivity contribution is 6.10. The van der Waals surface area contributed by atoms with Gasteiger partial charge in [0.15, 0.2) is 5.78 Å². The first-order valence-corrected chi connectivity index (χ1v) is 13.5. The van der Waals surface area contributed by atoms with Gasteiger partial charge in [-0.2, -0.15) is 0 Å². The summed E-state index contributed by atoms with van der Waals surface area (Å²) in [4.78, 5) is 51.3. The third kappa shape index (κ3) is 7.77. The molecule has 0 saturated heterocycles. The Labute approximate surface area is 248 Å². The summed E-state index contributed by atoms with van der Waals surface area (Å²) in [6.45, 7) is 0. The van der Waals surface area contributed by atoms with Crippen LogP contribution in [0.25, 0.3) is 6.08 Å². The summed E-state index contributed by atoms with van der Waals surface area (Å²) in [5, 5.41) is 8.46. The molecule has 7 nitrogen and oxygen atoms in total. The Bertz CT molecular complexity index is 1710. The summed E-state index contributed by atoms with van der Waals surface area (Å²) < 4.78 is 0. The highest BCUT2D eigenvalue weighted by Gasteiger charge is 2.14. The van der Waals surface area contributed by atoms with Crippen molar-refractivity contribution in [2.75, 3.05) is 16.0 Å². The van der Waals surface area contributed by atoms with Gasteiger partial charge in [-0.05, 0) is 66.2 Å². The highest BCUT2D eigenvalue weighted by atomic mass is 16.2. The van der Waals surface area contributed by atoms with Crippen molar-refractivity contribution in [1.82, 2.24) is 0 Å². The van der Waals surface area contributed by atoms with Crippen LogP contribution in [0.2, 0.25) is 0 Å². The van der Waals surface area contributed by atoms with E-state index in [2.05, 4.69) is 16.0 Å². The predicted molar refractivity (Wildman–Crippen MR) is 169 cm³/mol. The average Bonchev–Trinajstić information content (AvgIpc) is 3.05. The molecule has 5 rings (SSSR count). The molecule has 0 aliphatic heterocycles. The molecule has 0 spiro atoms. The summed E-state index contributed by atoms with van der Waals surface area (Å²) >= 11 is 0. The molecule has 0 aliphatic carbocycles. The number of carbonyl (C=O) groups is 4. The Kier molecular flexibility index (Phi) is 8.94. The number of allylic oxidation sites excluding steroid dienone is 1. The molecule has 210 valence electrons. The Morgan fingerprint density at radius 3 is 1.33 bits per heavy atom. The van der Waals surface area contributed by atoms with Gasteiger partial charge in [0.05, 0.1) is 0 Å². The van der Waals surface area contributed by atoms with Crippen molar-refractivity contribution in [2.24, 2.45) is 0 Å². The van der Waals surface area contributed by atoms with E-state index in [9.17, 15) is 19.2 Å². The Morgan fingerprint density at radius 1 is 0.419 bits per heavy atom. The van der Waals surface area contributed by atoms with Crippen molar-refractivity contribution in [3.8, 4) is 0 Å². The number of hydrogen-bond acceptors (Lipinski definition) is 4. The summed E-state index contributed by atoms with van der Waals surface area (Å²) in [6, 6.07) is 38.1. The van der Waals surface area contributed by atoms with Gasteiger partial charge in [0, 0.05) is 39.3 Å². The molecule has 43 heavy (non-hydrogen) atoms. The van der Waals surface area contributed by atoms with Crippen molar-refractivity contribution in [3.63, 3.8) is 0 Å². The minimum absolute atomic E-state index is 0.104. The molecule has 0 aliphatic rings. The van der Waals surface area contributed by atoms with E-state index in [1.807, 2.05) is 30.3 Å². The molecular formula is C36H27N3O4. The van der Waals surface area contributed by atoms with E-state index in [-0.39, 0.29) is 23.2 Å². The second-order valence-corrected chi connectivity index (χ2v) is 9.58. The normalized spacial score (nSPS) is 10.6. The lowest BCUT2D eigenvalue weighted by Crippen LogP contribution is -2.17. The summed E-state index contributed by atoms with van der Waals surface area (Å²) in [6.07, 6.45) is 3.21. The molecule has 3 N–H and O–H groups in total. The fourth-order valence-corrected chi connectivity index (χ4v) is 4.24. The molecule has 0 radical (unpaired) electrons. The number of rotatable bonds is 9. The van der Waals surface area contributed by atoms with Crippen LogP contribution >= 0.6 is 0 Å². The van der Waals surface area contributed by atoms with Crippen LogP contribution in [0.15, 0.2) is 140 Å². The molecule has 0 saturated carbocycles. The first-order chi connectivity index (χ1) is 20.9. The largest absolute Gasteiger partial charge is 0.322 e. The number of carbonyl (C=O) groups excluding carboxylic acids is 4. The third-order valence-corrected chi connectivity index (χ3v) is 6.44. The number of hydrogen-bond donors (Lipinski definition) is 3. The van der Waals surface area contributed by atoms with Crippen molar-refractivity contribution in [1.29, 1.82) is 0 Å². The Balaban J connectivity index is 1.33. The maximum atomic E-state index is 13.3. The van der Waals surface area contributed by atoms with Crippen molar-refractivity contribution in [2.45, 2.75) is 0 Å². The van der Waals surface area contributed by atoms with Gasteiger partial charge in [-0.3, -0.25) is 19.2 Å². The number of nitrogens with one attached hydrogen (secondary N) is 3. The zero-order valence-electron chi connectivity index (χ0n) is 23.0. The SMILES string of the molecule is O=C(C=Cc1ccc(NC(=O)c2cc(NC(=O)c3ccccc3)cc(NC(=O)c3ccccc3)c2)cc1)c1ccccc1. The first kappa shape index (κ1) is 28.4. The van der Waals surface area contributed by atoms with E-state index in [1.54, 1.807) is 109 Å². The van der Waals surface area contributed by atoms with Crippen molar-refractivity contribution >= 4 is 46.6 Å². The molecule has 0 heterocycles. The summed E-state index contributed by atoms with van der Waals surface area (Å²) in [5.74, 6) is -1.25. The molecule has 0 aromatic heterocycles. The smallest absolute Gasteiger partial charge is 0.255 e. The minimum Gasteiger partial charge on any atom is -0.322 e. The zero-order valence-corrected chi connectivity index (χ0v) is 23.0. The van der Waals surface area contributed by atoms with Gasteiger partial charge < -0.3 is 16.0 Å². The van der Waals surface area contributed by atoms with Gasteiger partial charge in [0.2, 0.25) is 0 Å². The van der Waals surface area contributed by atoms with E-state index in [0.717, 1.165) is 5.56 Å². The summed E-state index contributed by atoms with van der Waals surface area (Å²) in [5.41, 5.74) is 3.74. The van der Waals surface area contributed by atoms with Gasteiger partial charge >= 0.3 is 0 Å². The second kappa shape index (κ2) is 13.5. The molecule has 0 fully saturated rings. The Morgan fingerprint density at radius 2 is 0.837 bits per heavy atom. The van der Waals surface area contributed by atoms with Gasteiger partial charge in [-0.15, -0.1) is 0 Å². The standard InChI is InChI=1S/C36H27N3O4/c40-33(26-10-4-1-5-11-26)21-18-25-16-19-30(20-17-25)37-36(43)29-22-31(38-34(41)27-12-6-2-7-13-27)24-32(23-29)39-35(42)28-14-8-3-9-15-28/h1-24H,(H,37,43)(H,38,41)(H,39,42). The van der Waals surface area contributed by atoms with Crippen LogP contribution < -0.4 is 16.0 Å². The molecule has 0 unspecified atom stereocenters. The Hall–Kier alpha value is -6.08. The van der Waals surface area contributed by atoms with Gasteiger partial charge in [-0.1, -0.05) is 84.9 Å².